The molecular weight excluding hydrogens is 378 g/mol. The monoisotopic (exact) mass is 391 g/mol. The van der Waals surface area contributed by atoms with Crippen molar-refractivity contribution in [1.82, 2.24) is 10.3 Å². The summed E-state index contributed by atoms with van der Waals surface area (Å²) in [6.45, 7) is 3.87. The van der Waals surface area contributed by atoms with Crippen LogP contribution < -0.4 is 4.90 Å². The van der Waals surface area contributed by atoms with Crippen molar-refractivity contribution in [2.24, 2.45) is 11.8 Å². The number of fused-ring (bicyclic) bond motifs is 6. The van der Waals surface area contributed by atoms with Crippen molar-refractivity contribution in [1.29, 1.82) is 0 Å². The van der Waals surface area contributed by atoms with Gasteiger partial charge in [0, 0.05) is 4.47 Å². The molecule has 3 aliphatic heterocycles. The molecule has 1 unspecified atom stereocenters. The van der Waals surface area contributed by atoms with Crippen molar-refractivity contribution < 1.29 is 19.0 Å². The number of ether oxygens (including phenoxy) is 1. The van der Waals surface area contributed by atoms with E-state index in [1.165, 1.54) is 4.90 Å². The Bertz CT molecular complexity index is 893. The molecule has 3 saturated heterocycles. The van der Waals surface area contributed by atoms with Crippen LogP contribution in [0.2, 0.25) is 0 Å². The van der Waals surface area contributed by atoms with E-state index in [0.29, 0.717) is 21.2 Å². The second-order valence-corrected chi connectivity index (χ2v) is 8.08. The highest BCUT2D eigenvalue weighted by molar-refractivity contribution is 9.10. The number of nitrogens with zero attached hydrogens (tertiary/aromatic N) is 3. The standard InChI is InChI=1S/C16H14BrN3O4/c1-15-5-6-16(2,23-15)10-9(15)13(21)20(14(10)22)8-4-3-7(17)11-12(8)19-24-18-11/h3-4,9-10H,5-6H2,1-2H3/t9-,10?,15-,16-/m0/s1. The second-order valence-electron chi connectivity index (χ2n) is 7.22. The molecule has 2 amide bonds. The quantitative estimate of drug-likeness (QED) is 0.693. The van der Waals surface area contributed by atoms with Crippen molar-refractivity contribution in [2.45, 2.75) is 37.9 Å². The normalized spacial score (nSPS) is 37.7. The van der Waals surface area contributed by atoms with Crippen LogP contribution >= 0.6 is 15.9 Å². The van der Waals surface area contributed by atoms with Crippen LogP contribution in [0.25, 0.3) is 11.0 Å². The maximum absolute atomic E-state index is 13.1. The Hall–Kier alpha value is -1.80. The zero-order valence-electron chi connectivity index (χ0n) is 13.1. The van der Waals surface area contributed by atoms with Crippen molar-refractivity contribution in [3.05, 3.63) is 16.6 Å². The molecule has 0 N–H and O–H groups in total. The van der Waals surface area contributed by atoms with Crippen LogP contribution in [0.1, 0.15) is 26.7 Å². The summed E-state index contributed by atoms with van der Waals surface area (Å²) < 4.78 is 11.6. The van der Waals surface area contributed by atoms with E-state index in [2.05, 4.69) is 26.2 Å². The van der Waals surface area contributed by atoms with Gasteiger partial charge in [-0.3, -0.25) is 9.59 Å². The highest BCUT2D eigenvalue weighted by atomic mass is 79.9. The third kappa shape index (κ3) is 1.51. The number of aromatic nitrogens is 2. The van der Waals surface area contributed by atoms with Gasteiger partial charge < -0.3 is 4.74 Å². The van der Waals surface area contributed by atoms with Crippen LogP contribution in [0.3, 0.4) is 0 Å². The van der Waals surface area contributed by atoms with E-state index in [1.807, 2.05) is 13.8 Å². The highest BCUT2D eigenvalue weighted by Gasteiger charge is 2.72. The van der Waals surface area contributed by atoms with Gasteiger partial charge in [-0.1, -0.05) is 0 Å². The van der Waals surface area contributed by atoms with Gasteiger partial charge in [0.25, 0.3) is 0 Å². The van der Waals surface area contributed by atoms with E-state index in [-0.39, 0.29) is 11.8 Å². The number of carbonyl (C=O) groups excluding carboxylic acids is 2. The molecule has 8 heteroatoms. The molecule has 0 radical (unpaired) electrons. The fourth-order valence-electron chi connectivity index (χ4n) is 4.71. The molecule has 4 heterocycles. The summed E-state index contributed by atoms with van der Waals surface area (Å²) in [6, 6.07) is 3.44. The van der Waals surface area contributed by atoms with Crippen LogP contribution in [-0.2, 0) is 14.3 Å². The first-order chi connectivity index (χ1) is 11.4. The SMILES string of the molecule is C[C@@]12CC[C@](C)(O1)[C@@H]1C(=O)N(c3ccc(Br)c4nonc34)C(=O)C12. The first-order valence-electron chi connectivity index (χ1n) is 7.84. The number of imide groups is 1. The molecule has 0 saturated carbocycles. The Kier molecular flexibility index (Phi) is 2.56. The largest absolute Gasteiger partial charge is 0.367 e. The molecule has 0 aliphatic carbocycles. The van der Waals surface area contributed by atoms with Gasteiger partial charge >= 0.3 is 0 Å². The molecule has 4 atom stereocenters. The second kappa shape index (κ2) is 4.23. The molecule has 0 spiro atoms. The predicted octanol–water partition coefficient (Wildman–Crippen LogP) is 2.43. The number of anilines is 1. The Morgan fingerprint density at radius 1 is 1.08 bits per heavy atom. The van der Waals surface area contributed by atoms with Gasteiger partial charge in [0.05, 0.1) is 28.7 Å². The van der Waals surface area contributed by atoms with E-state index < -0.39 is 23.0 Å². The summed E-state index contributed by atoms with van der Waals surface area (Å²) in [5, 5.41) is 7.72. The lowest BCUT2D eigenvalue weighted by molar-refractivity contribution is -0.129. The molecule has 1 aromatic carbocycles. The Morgan fingerprint density at radius 2 is 1.67 bits per heavy atom. The van der Waals surface area contributed by atoms with Gasteiger partial charge in [0.1, 0.15) is 0 Å². The van der Waals surface area contributed by atoms with Gasteiger partial charge in [-0.15, -0.1) is 0 Å². The fraction of sp³-hybridized carbons (Fsp3) is 0.500. The van der Waals surface area contributed by atoms with E-state index in [4.69, 9.17) is 9.37 Å². The average Bonchev–Trinajstić information content (AvgIpc) is 3.23. The molecule has 124 valence electrons. The summed E-state index contributed by atoms with van der Waals surface area (Å²) in [5.74, 6) is -1.32. The average molecular weight is 392 g/mol. The first kappa shape index (κ1) is 14.5. The highest BCUT2D eigenvalue weighted by Crippen LogP contribution is 2.61. The topological polar surface area (TPSA) is 85.5 Å². The van der Waals surface area contributed by atoms with Crippen molar-refractivity contribution >= 4 is 44.5 Å². The third-order valence-corrected chi connectivity index (χ3v) is 6.43. The van der Waals surface area contributed by atoms with E-state index >= 15 is 0 Å². The van der Waals surface area contributed by atoms with Crippen LogP contribution in [0.15, 0.2) is 21.2 Å². The van der Waals surface area contributed by atoms with E-state index in [0.717, 1.165) is 12.8 Å². The molecule has 7 nitrogen and oxygen atoms in total. The summed E-state index contributed by atoms with van der Waals surface area (Å²) >= 11 is 3.37. The number of halogens is 1. The smallest absolute Gasteiger partial charge is 0.240 e. The zero-order valence-corrected chi connectivity index (χ0v) is 14.7. The summed E-state index contributed by atoms with van der Waals surface area (Å²) in [7, 11) is 0. The minimum atomic E-state index is -0.572. The lowest BCUT2D eigenvalue weighted by Gasteiger charge is -2.27. The lowest BCUT2D eigenvalue weighted by atomic mass is 9.69. The van der Waals surface area contributed by atoms with Gasteiger partial charge in [-0.2, -0.15) is 0 Å². The molecular formula is C16H14BrN3O4. The van der Waals surface area contributed by atoms with Crippen molar-refractivity contribution in [2.75, 3.05) is 4.90 Å². The molecule has 24 heavy (non-hydrogen) atoms. The zero-order chi connectivity index (χ0) is 16.9. The summed E-state index contributed by atoms with van der Waals surface area (Å²) in [5.41, 5.74) is 0.163. The maximum atomic E-state index is 13.1. The van der Waals surface area contributed by atoms with Gasteiger partial charge in [-0.25, -0.2) is 9.53 Å². The van der Waals surface area contributed by atoms with Crippen LogP contribution in [0, 0.1) is 11.8 Å². The van der Waals surface area contributed by atoms with Gasteiger partial charge in [-0.05, 0) is 65.1 Å². The number of amides is 2. The van der Waals surface area contributed by atoms with Crippen molar-refractivity contribution in [3.8, 4) is 0 Å². The third-order valence-electron chi connectivity index (χ3n) is 5.79. The Morgan fingerprint density at radius 3 is 2.29 bits per heavy atom. The lowest BCUT2D eigenvalue weighted by Crippen LogP contribution is -2.40. The van der Waals surface area contributed by atoms with Crippen LogP contribution in [0.4, 0.5) is 5.69 Å². The number of rotatable bonds is 1. The number of benzene rings is 1. The molecule has 2 aromatic rings. The van der Waals surface area contributed by atoms with E-state index in [9.17, 15) is 9.59 Å². The summed E-state index contributed by atoms with van der Waals surface area (Å²) in [4.78, 5) is 27.5. The van der Waals surface area contributed by atoms with Crippen molar-refractivity contribution in [3.63, 3.8) is 0 Å². The number of carbonyl (C=O) groups is 2. The number of hydrogen-bond acceptors (Lipinski definition) is 6. The molecule has 3 fully saturated rings. The van der Waals surface area contributed by atoms with E-state index in [1.54, 1.807) is 12.1 Å². The Balaban J connectivity index is 1.68. The van der Waals surface area contributed by atoms with Crippen LogP contribution in [0.5, 0.6) is 0 Å². The van der Waals surface area contributed by atoms with Gasteiger partial charge in [0.15, 0.2) is 11.0 Å². The fourth-order valence-corrected chi connectivity index (χ4v) is 5.10. The minimum absolute atomic E-state index is 0.220. The minimum Gasteiger partial charge on any atom is -0.367 e. The molecule has 5 rings (SSSR count). The molecule has 2 bridgehead atoms. The number of hydrogen-bond donors (Lipinski definition) is 0. The predicted molar refractivity (Wildman–Crippen MR) is 86.1 cm³/mol. The van der Waals surface area contributed by atoms with Gasteiger partial charge in [0.2, 0.25) is 11.8 Å². The molecule has 1 aromatic heterocycles. The first-order valence-corrected chi connectivity index (χ1v) is 8.64. The maximum Gasteiger partial charge on any atom is 0.240 e. The Labute approximate surface area is 145 Å². The molecule has 3 aliphatic rings. The summed E-state index contributed by atoms with van der Waals surface area (Å²) in [6.07, 6.45) is 1.58. The van der Waals surface area contributed by atoms with Crippen LogP contribution in [-0.4, -0.2) is 33.3 Å².